The zero-order valence-corrected chi connectivity index (χ0v) is 18.0. The number of aliphatic hydroxyl groups is 1. The van der Waals surface area contributed by atoms with E-state index in [0.717, 1.165) is 29.4 Å². The molecule has 31 heavy (non-hydrogen) atoms. The summed E-state index contributed by atoms with van der Waals surface area (Å²) in [5.41, 5.74) is 1.47. The molecule has 0 saturated heterocycles. The largest absolute Gasteiger partial charge is 0.393 e. The van der Waals surface area contributed by atoms with Crippen molar-refractivity contribution in [2.24, 2.45) is 14.1 Å². The van der Waals surface area contributed by atoms with Crippen molar-refractivity contribution in [2.75, 3.05) is 5.32 Å². The van der Waals surface area contributed by atoms with Gasteiger partial charge in [0.25, 0.3) is 5.56 Å². The standard InChI is InChI=1S/C21H23ClN6O3/c1-26-17-18(25-20(26)24-13-4-5-15(29)9-13)27(2)21(31)28(19(17)30)10-14-8-11-7-12(22)3-6-16(11)23-14/h3,6-8,13,15,23,29H,4-5,9-10H2,1-2H3,(H,24,25). The van der Waals surface area contributed by atoms with Crippen LogP contribution in [-0.2, 0) is 20.6 Å². The van der Waals surface area contributed by atoms with Crippen molar-refractivity contribution < 1.29 is 5.11 Å². The molecular formula is C21H23ClN6O3. The van der Waals surface area contributed by atoms with Crippen LogP contribution in [0.25, 0.3) is 22.1 Å². The molecule has 4 aromatic rings. The molecule has 0 spiro atoms. The highest BCUT2D eigenvalue weighted by atomic mass is 35.5. The first-order valence-corrected chi connectivity index (χ1v) is 10.6. The molecule has 0 bridgehead atoms. The van der Waals surface area contributed by atoms with Crippen LogP contribution in [0, 0.1) is 0 Å². The number of halogens is 1. The van der Waals surface area contributed by atoms with Crippen LogP contribution in [0.15, 0.2) is 33.9 Å². The Balaban J connectivity index is 1.57. The van der Waals surface area contributed by atoms with Crippen LogP contribution < -0.4 is 16.6 Å². The third-order valence-corrected chi connectivity index (χ3v) is 6.30. The number of aryl methyl sites for hydroxylation is 2. The summed E-state index contributed by atoms with van der Waals surface area (Å²) in [6.07, 6.45) is 1.89. The minimum Gasteiger partial charge on any atom is -0.393 e. The average Bonchev–Trinajstić information content (AvgIpc) is 3.41. The number of aromatic nitrogens is 5. The molecule has 3 heterocycles. The third kappa shape index (κ3) is 3.34. The number of aromatic amines is 1. The lowest BCUT2D eigenvalue weighted by atomic mass is 10.2. The van der Waals surface area contributed by atoms with E-state index in [1.54, 1.807) is 24.7 Å². The lowest BCUT2D eigenvalue weighted by Gasteiger charge is -2.12. The Morgan fingerprint density at radius 2 is 2.03 bits per heavy atom. The maximum absolute atomic E-state index is 13.3. The molecular weight excluding hydrogens is 420 g/mol. The van der Waals surface area contributed by atoms with E-state index in [2.05, 4.69) is 15.3 Å². The van der Waals surface area contributed by atoms with Gasteiger partial charge in [-0.2, -0.15) is 4.98 Å². The molecule has 162 valence electrons. The molecule has 0 radical (unpaired) electrons. The molecule has 1 saturated carbocycles. The predicted octanol–water partition coefficient (Wildman–Crippen LogP) is 1.94. The first-order valence-electron chi connectivity index (χ1n) is 10.2. The Morgan fingerprint density at radius 1 is 1.23 bits per heavy atom. The molecule has 3 aromatic heterocycles. The van der Waals surface area contributed by atoms with E-state index in [-0.39, 0.29) is 18.7 Å². The molecule has 1 aliphatic rings. The maximum Gasteiger partial charge on any atom is 0.332 e. The summed E-state index contributed by atoms with van der Waals surface area (Å²) in [7, 11) is 3.37. The Labute approximate surface area is 181 Å². The second-order valence-corrected chi connectivity index (χ2v) is 8.67. The van der Waals surface area contributed by atoms with E-state index in [0.29, 0.717) is 28.6 Å². The minimum atomic E-state index is -0.435. The van der Waals surface area contributed by atoms with Gasteiger partial charge < -0.3 is 20.0 Å². The van der Waals surface area contributed by atoms with Crippen LogP contribution in [-0.4, -0.2) is 40.9 Å². The lowest BCUT2D eigenvalue weighted by Crippen LogP contribution is -2.39. The number of hydrogen-bond acceptors (Lipinski definition) is 5. The van der Waals surface area contributed by atoms with Crippen LogP contribution in [0.2, 0.25) is 5.02 Å². The lowest BCUT2D eigenvalue weighted by molar-refractivity contribution is 0.182. The summed E-state index contributed by atoms with van der Waals surface area (Å²) < 4.78 is 4.29. The Bertz CT molecular complexity index is 1430. The molecule has 0 amide bonds. The van der Waals surface area contributed by atoms with Gasteiger partial charge in [0.15, 0.2) is 11.2 Å². The fourth-order valence-electron chi connectivity index (χ4n) is 4.40. The number of nitrogens with one attached hydrogen (secondary N) is 2. The Kier molecular flexibility index (Phi) is 4.67. The van der Waals surface area contributed by atoms with Crippen LogP contribution in [0.1, 0.15) is 25.0 Å². The van der Waals surface area contributed by atoms with E-state index in [9.17, 15) is 14.7 Å². The second kappa shape index (κ2) is 7.28. The molecule has 0 aliphatic heterocycles. The van der Waals surface area contributed by atoms with Crippen molar-refractivity contribution in [2.45, 2.75) is 38.0 Å². The quantitative estimate of drug-likeness (QED) is 0.447. The van der Waals surface area contributed by atoms with Crippen molar-refractivity contribution in [3.63, 3.8) is 0 Å². The first kappa shape index (κ1) is 19.9. The summed E-state index contributed by atoms with van der Waals surface area (Å²) in [6, 6.07) is 7.46. The van der Waals surface area contributed by atoms with Crippen molar-refractivity contribution >= 4 is 39.6 Å². The van der Waals surface area contributed by atoms with Gasteiger partial charge in [0.2, 0.25) is 5.95 Å². The van der Waals surface area contributed by atoms with Gasteiger partial charge in [-0.15, -0.1) is 0 Å². The predicted molar refractivity (Wildman–Crippen MR) is 120 cm³/mol. The smallest absolute Gasteiger partial charge is 0.332 e. The number of anilines is 1. The molecule has 3 N–H and O–H groups in total. The monoisotopic (exact) mass is 442 g/mol. The van der Waals surface area contributed by atoms with Crippen LogP contribution >= 0.6 is 11.6 Å². The van der Waals surface area contributed by atoms with Crippen LogP contribution in [0.3, 0.4) is 0 Å². The fraction of sp³-hybridized carbons (Fsp3) is 0.381. The minimum absolute atomic E-state index is 0.0861. The molecule has 2 unspecified atom stereocenters. The van der Waals surface area contributed by atoms with Crippen LogP contribution in [0.4, 0.5) is 5.95 Å². The molecule has 5 rings (SSSR count). The van der Waals surface area contributed by atoms with Crippen molar-refractivity contribution in [1.29, 1.82) is 0 Å². The molecule has 1 aliphatic carbocycles. The summed E-state index contributed by atoms with van der Waals surface area (Å²) >= 11 is 6.06. The molecule has 10 heteroatoms. The molecule has 1 fully saturated rings. The maximum atomic E-state index is 13.3. The number of hydrogen-bond donors (Lipinski definition) is 3. The molecule has 9 nitrogen and oxygen atoms in total. The number of imidazole rings is 1. The first-order chi connectivity index (χ1) is 14.8. The summed E-state index contributed by atoms with van der Waals surface area (Å²) in [4.78, 5) is 34.0. The highest BCUT2D eigenvalue weighted by Gasteiger charge is 2.25. The van der Waals surface area contributed by atoms with Gasteiger partial charge in [-0.05, 0) is 43.5 Å². The van der Waals surface area contributed by atoms with Gasteiger partial charge in [0.1, 0.15) is 0 Å². The van der Waals surface area contributed by atoms with Crippen molar-refractivity contribution in [1.82, 2.24) is 23.7 Å². The topological polar surface area (TPSA) is 110 Å². The van der Waals surface area contributed by atoms with Gasteiger partial charge >= 0.3 is 5.69 Å². The van der Waals surface area contributed by atoms with E-state index >= 15 is 0 Å². The van der Waals surface area contributed by atoms with E-state index in [1.165, 1.54) is 9.13 Å². The summed E-state index contributed by atoms with van der Waals surface area (Å²) in [5, 5.41) is 14.6. The fourth-order valence-corrected chi connectivity index (χ4v) is 4.58. The van der Waals surface area contributed by atoms with Gasteiger partial charge in [-0.1, -0.05) is 11.6 Å². The number of benzene rings is 1. The summed E-state index contributed by atoms with van der Waals surface area (Å²) in [5.74, 6) is 0.513. The van der Waals surface area contributed by atoms with Crippen LogP contribution in [0.5, 0.6) is 0 Å². The van der Waals surface area contributed by atoms with Gasteiger partial charge in [0.05, 0.1) is 12.6 Å². The number of H-pyrrole nitrogens is 1. The number of fused-ring (bicyclic) bond motifs is 2. The van der Waals surface area contributed by atoms with E-state index in [4.69, 9.17) is 11.6 Å². The Morgan fingerprint density at radius 3 is 2.77 bits per heavy atom. The summed E-state index contributed by atoms with van der Waals surface area (Å²) in [6.45, 7) is 0.108. The molecule has 2 atom stereocenters. The number of nitrogens with zero attached hydrogens (tertiary/aromatic N) is 4. The normalized spacial score (nSPS) is 19.0. The Hall–Kier alpha value is -3.04. The molecule has 1 aromatic carbocycles. The van der Waals surface area contributed by atoms with Gasteiger partial charge in [-0.25, -0.2) is 4.79 Å². The highest BCUT2D eigenvalue weighted by Crippen LogP contribution is 2.24. The van der Waals surface area contributed by atoms with Gasteiger partial charge in [-0.3, -0.25) is 13.9 Å². The third-order valence-electron chi connectivity index (χ3n) is 6.07. The van der Waals surface area contributed by atoms with Crippen molar-refractivity contribution in [3.05, 3.63) is 55.8 Å². The zero-order chi connectivity index (χ0) is 21.9. The van der Waals surface area contributed by atoms with Crippen molar-refractivity contribution in [3.8, 4) is 0 Å². The van der Waals surface area contributed by atoms with Gasteiger partial charge in [0, 0.05) is 41.8 Å². The van der Waals surface area contributed by atoms with E-state index in [1.807, 2.05) is 18.2 Å². The highest BCUT2D eigenvalue weighted by molar-refractivity contribution is 6.31. The number of rotatable bonds is 4. The average molecular weight is 443 g/mol. The number of aliphatic hydroxyl groups excluding tert-OH is 1. The zero-order valence-electron chi connectivity index (χ0n) is 17.2. The second-order valence-electron chi connectivity index (χ2n) is 8.23. The van der Waals surface area contributed by atoms with E-state index < -0.39 is 11.2 Å². The SMILES string of the molecule is Cn1c(NC2CCC(O)C2)nc2c1c(=O)n(Cc1cc3cc(Cl)ccc3[nH]1)c(=O)n2C.